The maximum atomic E-state index is 13.0. The van der Waals surface area contributed by atoms with Crippen molar-refractivity contribution in [3.05, 3.63) is 0 Å². The van der Waals surface area contributed by atoms with Crippen LogP contribution < -0.4 is 0 Å². The normalized spacial score (nSPS) is 11.9. The van der Waals surface area contributed by atoms with E-state index in [1.54, 1.807) is 0 Å². The van der Waals surface area contributed by atoms with Crippen molar-refractivity contribution < 1.29 is 28.6 Å². The molecule has 6 nitrogen and oxygen atoms in total. The summed E-state index contributed by atoms with van der Waals surface area (Å²) in [6.45, 7) is 6.75. The molecule has 1 unspecified atom stereocenters. The van der Waals surface area contributed by atoms with Crippen LogP contribution in [0.1, 0.15) is 445 Å². The molecule has 0 rings (SSSR count). The van der Waals surface area contributed by atoms with Crippen molar-refractivity contribution in [1.82, 2.24) is 0 Å². The van der Waals surface area contributed by atoms with Crippen LogP contribution in [-0.2, 0) is 28.6 Å². The lowest BCUT2D eigenvalue weighted by Gasteiger charge is -2.18. The molecule has 0 saturated heterocycles. The van der Waals surface area contributed by atoms with Crippen molar-refractivity contribution >= 4 is 17.9 Å². The summed E-state index contributed by atoms with van der Waals surface area (Å²) >= 11 is 0. The first-order valence-corrected chi connectivity index (χ1v) is 37.5. The molecule has 0 aromatic carbocycles. The molecule has 0 fully saturated rings. The summed E-state index contributed by atoms with van der Waals surface area (Å²) in [5.41, 5.74) is 0. The average Bonchev–Trinajstić information content (AvgIpc) is 3.47. The Balaban J connectivity index is 4.13. The number of esters is 3. The standard InChI is InChI=1S/C75H146O6/c1-4-7-10-13-16-19-22-25-28-30-32-33-34-35-36-37-38-39-40-41-42-44-45-47-50-53-56-59-62-65-68-74(77)80-71-72(70-79-73(76)67-64-61-58-55-52-49-27-24-21-18-15-12-9-6-3)81-75(78)69-66-63-60-57-54-51-48-46-43-31-29-26-23-20-17-14-11-8-5-2/h72H,4-71H2,1-3H3. The first-order chi connectivity index (χ1) is 40.0. The maximum absolute atomic E-state index is 13.0. The highest BCUT2D eigenvalue weighted by Gasteiger charge is 2.20. The van der Waals surface area contributed by atoms with Gasteiger partial charge in [-0.25, -0.2) is 0 Å². The van der Waals surface area contributed by atoms with E-state index in [4.69, 9.17) is 14.2 Å². The lowest BCUT2D eigenvalue weighted by molar-refractivity contribution is -0.167. The second-order valence-electron chi connectivity index (χ2n) is 25.9. The summed E-state index contributed by atoms with van der Waals surface area (Å²) < 4.78 is 17.0. The predicted octanol–water partition coefficient (Wildman–Crippen LogP) is 25.8. The number of ether oxygens (including phenoxy) is 3. The molecule has 0 aliphatic heterocycles. The molecule has 482 valence electrons. The maximum Gasteiger partial charge on any atom is 0.306 e. The van der Waals surface area contributed by atoms with Crippen LogP contribution in [0.15, 0.2) is 0 Å². The van der Waals surface area contributed by atoms with Gasteiger partial charge in [-0.05, 0) is 19.3 Å². The molecule has 0 spiro atoms. The van der Waals surface area contributed by atoms with Crippen molar-refractivity contribution in [2.24, 2.45) is 0 Å². The quantitative estimate of drug-likeness (QED) is 0.0343. The second kappa shape index (κ2) is 70.9. The Morgan fingerprint density at radius 1 is 0.198 bits per heavy atom. The minimum Gasteiger partial charge on any atom is -0.462 e. The number of carbonyl (C=O) groups excluding carboxylic acids is 3. The number of carbonyl (C=O) groups is 3. The van der Waals surface area contributed by atoms with Crippen LogP contribution in [-0.4, -0.2) is 37.2 Å². The molecule has 6 heteroatoms. The molecular weight excluding hydrogens is 997 g/mol. The van der Waals surface area contributed by atoms with E-state index in [2.05, 4.69) is 20.8 Å². The molecule has 0 aliphatic rings. The van der Waals surface area contributed by atoms with Gasteiger partial charge in [0.15, 0.2) is 6.10 Å². The third-order valence-electron chi connectivity index (χ3n) is 17.6. The highest BCUT2D eigenvalue weighted by atomic mass is 16.6. The van der Waals surface area contributed by atoms with Crippen LogP contribution in [0.5, 0.6) is 0 Å². The molecule has 0 bridgehead atoms. The van der Waals surface area contributed by atoms with Crippen molar-refractivity contribution in [3.8, 4) is 0 Å². The third-order valence-corrected chi connectivity index (χ3v) is 17.6. The van der Waals surface area contributed by atoms with Gasteiger partial charge in [0.25, 0.3) is 0 Å². The van der Waals surface area contributed by atoms with Crippen LogP contribution in [0.3, 0.4) is 0 Å². The van der Waals surface area contributed by atoms with E-state index in [0.29, 0.717) is 19.3 Å². The number of unbranched alkanes of at least 4 members (excludes halogenated alkanes) is 60. The Hall–Kier alpha value is -1.59. The molecular formula is C75H146O6. The van der Waals surface area contributed by atoms with E-state index in [0.717, 1.165) is 57.8 Å². The molecule has 0 saturated carbocycles. The highest BCUT2D eigenvalue weighted by molar-refractivity contribution is 5.71. The number of hydrogen-bond donors (Lipinski definition) is 0. The van der Waals surface area contributed by atoms with Gasteiger partial charge in [0.05, 0.1) is 0 Å². The van der Waals surface area contributed by atoms with Gasteiger partial charge in [-0.2, -0.15) is 0 Å². The van der Waals surface area contributed by atoms with Crippen molar-refractivity contribution in [2.75, 3.05) is 13.2 Å². The minimum atomic E-state index is -0.763. The van der Waals surface area contributed by atoms with Gasteiger partial charge >= 0.3 is 17.9 Å². The summed E-state index contributed by atoms with van der Waals surface area (Å²) in [5.74, 6) is -0.817. The molecule has 0 aliphatic carbocycles. The second-order valence-corrected chi connectivity index (χ2v) is 25.9. The fourth-order valence-corrected chi connectivity index (χ4v) is 12.0. The van der Waals surface area contributed by atoms with Crippen LogP contribution in [0.25, 0.3) is 0 Å². The molecule has 0 heterocycles. The van der Waals surface area contributed by atoms with E-state index >= 15 is 0 Å². The topological polar surface area (TPSA) is 78.9 Å². The van der Waals surface area contributed by atoms with Crippen molar-refractivity contribution in [2.45, 2.75) is 451 Å². The van der Waals surface area contributed by atoms with E-state index in [9.17, 15) is 14.4 Å². The first-order valence-electron chi connectivity index (χ1n) is 37.5. The van der Waals surface area contributed by atoms with Crippen molar-refractivity contribution in [1.29, 1.82) is 0 Å². The van der Waals surface area contributed by atoms with E-state index < -0.39 is 6.10 Å². The van der Waals surface area contributed by atoms with Crippen LogP contribution in [0, 0.1) is 0 Å². The lowest BCUT2D eigenvalue weighted by atomic mass is 10.0. The van der Waals surface area contributed by atoms with Crippen molar-refractivity contribution in [3.63, 3.8) is 0 Å². The molecule has 0 amide bonds. The predicted molar refractivity (Wildman–Crippen MR) is 354 cm³/mol. The smallest absolute Gasteiger partial charge is 0.306 e. The Bertz CT molecular complexity index is 1220. The summed E-state index contributed by atoms with van der Waals surface area (Å²) in [6.07, 6.45) is 84.4. The average molecular weight is 1140 g/mol. The lowest BCUT2D eigenvalue weighted by Crippen LogP contribution is -2.30. The number of rotatable bonds is 71. The Morgan fingerprint density at radius 3 is 0.494 bits per heavy atom. The Morgan fingerprint density at radius 2 is 0.333 bits per heavy atom. The minimum absolute atomic E-state index is 0.0600. The van der Waals surface area contributed by atoms with Gasteiger partial charge in [-0.3, -0.25) is 14.4 Å². The van der Waals surface area contributed by atoms with E-state index in [1.165, 1.54) is 347 Å². The van der Waals surface area contributed by atoms with Gasteiger partial charge in [-0.15, -0.1) is 0 Å². The molecule has 0 aromatic rings. The van der Waals surface area contributed by atoms with Gasteiger partial charge in [0.2, 0.25) is 0 Å². The fraction of sp³-hybridized carbons (Fsp3) is 0.960. The molecule has 0 aromatic heterocycles. The Kier molecular flexibility index (Phi) is 69.5. The van der Waals surface area contributed by atoms with Gasteiger partial charge < -0.3 is 14.2 Å². The molecule has 1 atom stereocenters. The fourth-order valence-electron chi connectivity index (χ4n) is 12.0. The highest BCUT2D eigenvalue weighted by Crippen LogP contribution is 2.20. The zero-order valence-corrected chi connectivity index (χ0v) is 55.6. The van der Waals surface area contributed by atoms with Crippen LogP contribution in [0.2, 0.25) is 0 Å². The SMILES string of the molecule is CCCCCCCCCCCCCCCCCCCCCCCCCCCCCCCCC(=O)OCC(COC(=O)CCCCCCCCCCCCCCCC)OC(=O)CCCCCCCCCCCCCCCCCCCCC. The zero-order valence-electron chi connectivity index (χ0n) is 55.6. The van der Waals surface area contributed by atoms with Crippen LogP contribution >= 0.6 is 0 Å². The van der Waals surface area contributed by atoms with Crippen LogP contribution in [0.4, 0.5) is 0 Å². The largest absolute Gasteiger partial charge is 0.462 e. The zero-order chi connectivity index (χ0) is 58.5. The number of hydrogen-bond acceptors (Lipinski definition) is 6. The molecule has 0 N–H and O–H groups in total. The summed E-state index contributed by atoms with van der Waals surface area (Å²) in [4.78, 5) is 38.5. The van der Waals surface area contributed by atoms with Gasteiger partial charge in [0.1, 0.15) is 13.2 Å². The monoisotopic (exact) mass is 1140 g/mol. The molecule has 81 heavy (non-hydrogen) atoms. The van der Waals surface area contributed by atoms with E-state index in [1.807, 2.05) is 0 Å². The Labute approximate surface area is 508 Å². The summed E-state index contributed by atoms with van der Waals surface area (Å²) in [6, 6.07) is 0. The summed E-state index contributed by atoms with van der Waals surface area (Å²) in [5, 5.41) is 0. The van der Waals surface area contributed by atoms with E-state index in [-0.39, 0.29) is 31.1 Å². The van der Waals surface area contributed by atoms with Gasteiger partial charge in [0, 0.05) is 19.3 Å². The molecule has 0 radical (unpaired) electrons. The third kappa shape index (κ3) is 69.1. The van der Waals surface area contributed by atoms with Gasteiger partial charge in [-0.1, -0.05) is 406 Å². The first kappa shape index (κ1) is 79.4. The summed E-state index contributed by atoms with van der Waals surface area (Å²) in [7, 11) is 0.